The molecule has 1 nitrogen and oxygen atoms in total. The number of aliphatic hydroxyl groups is 1. The average Bonchev–Trinajstić information content (AvgIpc) is 2.13. The van der Waals surface area contributed by atoms with Crippen LogP contribution in [-0.4, -0.2) is 11.7 Å². The SMILES string of the molecule is CC(C)CCO.[CH2-]CCCCCCC.[Y]. The molecule has 0 aromatic rings. The van der Waals surface area contributed by atoms with Gasteiger partial charge >= 0.3 is 0 Å². The predicted molar refractivity (Wildman–Crippen MR) is 65.3 cm³/mol. The van der Waals surface area contributed by atoms with Crippen molar-refractivity contribution in [2.75, 3.05) is 6.61 Å². The van der Waals surface area contributed by atoms with Gasteiger partial charge < -0.3 is 12.0 Å². The monoisotopic (exact) mass is 290 g/mol. The standard InChI is InChI=1S/C8H17.C5H12O.Y/c1-3-5-7-8-6-4-2;1-5(2)3-4-6;/h1,3-8H2,2H3;5-6H,3-4H2,1-2H3;/q-1;;. The van der Waals surface area contributed by atoms with Crippen LogP contribution < -0.4 is 0 Å². The number of hydrogen-bond donors (Lipinski definition) is 1. The fourth-order valence-electron chi connectivity index (χ4n) is 1.04. The van der Waals surface area contributed by atoms with Crippen LogP contribution >= 0.6 is 0 Å². The van der Waals surface area contributed by atoms with Crippen LogP contribution in [-0.2, 0) is 32.7 Å². The first-order valence-corrected chi connectivity index (χ1v) is 6.09. The van der Waals surface area contributed by atoms with E-state index in [1.165, 1.54) is 32.1 Å². The molecular formula is C13H29OY-. The quantitative estimate of drug-likeness (QED) is 0.550. The summed E-state index contributed by atoms with van der Waals surface area (Å²) in [6.07, 6.45) is 8.91. The topological polar surface area (TPSA) is 20.2 Å². The molecule has 0 aliphatic heterocycles. The smallest absolute Gasteiger partial charge is 0.0433 e. The van der Waals surface area contributed by atoms with E-state index in [0.717, 1.165) is 12.8 Å². The van der Waals surface area contributed by atoms with Crippen molar-refractivity contribution in [3.05, 3.63) is 6.92 Å². The van der Waals surface area contributed by atoms with Crippen LogP contribution in [0.5, 0.6) is 0 Å². The maximum absolute atomic E-state index is 8.24. The first kappa shape index (κ1) is 21.4. The molecule has 0 atom stereocenters. The van der Waals surface area contributed by atoms with Gasteiger partial charge in [-0.1, -0.05) is 52.9 Å². The molecule has 0 fully saturated rings. The van der Waals surface area contributed by atoms with Crippen molar-refractivity contribution in [2.24, 2.45) is 5.92 Å². The molecule has 0 unspecified atom stereocenters. The zero-order chi connectivity index (χ0) is 11.2. The maximum atomic E-state index is 8.24. The van der Waals surface area contributed by atoms with Gasteiger partial charge in [0.05, 0.1) is 0 Å². The van der Waals surface area contributed by atoms with Crippen LogP contribution in [0.4, 0.5) is 0 Å². The van der Waals surface area contributed by atoms with Crippen molar-refractivity contribution in [3.8, 4) is 0 Å². The van der Waals surface area contributed by atoms with E-state index in [-0.39, 0.29) is 32.7 Å². The summed E-state index contributed by atoms with van der Waals surface area (Å²) in [5, 5.41) is 8.24. The second kappa shape index (κ2) is 20.5. The van der Waals surface area contributed by atoms with E-state index in [4.69, 9.17) is 5.11 Å². The Bertz CT molecular complexity index is 78.6. The van der Waals surface area contributed by atoms with Crippen LogP contribution in [0.3, 0.4) is 0 Å². The summed E-state index contributed by atoms with van der Waals surface area (Å²) in [6, 6.07) is 0. The Kier molecular flexibility index (Phi) is 29.2. The second-order valence-corrected chi connectivity index (χ2v) is 4.17. The molecule has 2 heteroatoms. The molecule has 0 spiro atoms. The molecule has 0 bridgehead atoms. The van der Waals surface area contributed by atoms with Crippen LogP contribution in [0.1, 0.15) is 65.7 Å². The van der Waals surface area contributed by atoms with Crippen LogP contribution in [0.15, 0.2) is 0 Å². The number of unbranched alkanes of at least 4 members (excludes halogenated alkanes) is 5. The van der Waals surface area contributed by atoms with E-state index in [1.54, 1.807) is 0 Å². The Hall–Kier alpha value is 1.06. The maximum Gasteiger partial charge on any atom is 0.0433 e. The van der Waals surface area contributed by atoms with Gasteiger partial charge in [0.25, 0.3) is 0 Å². The van der Waals surface area contributed by atoms with E-state index < -0.39 is 0 Å². The molecule has 0 rings (SSSR count). The number of rotatable bonds is 7. The third kappa shape index (κ3) is 31.3. The van der Waals surface area contributed by atoms with Crippen molar-refractivity contribution < 1.29 is 37.8 Å². The van der Waals surface area contributed by atoms with Gasteiger partial charge in [-0.05, 0) is 12.3 Å². The molecule has 0 aromatic heterocycles. The van der Waals surface area contributed by atoms with Gasteiger partial charge in [-0.25, -0.2) is 0 Å². The second-order valence-electron chi connectivity index (χ2n) is 4.17. The summed E-state index contributed by atoms with van der Waals surface area (Å²) >= 11 is 0. The van der Waals surface area contributed by atoms with Gasteiger partial charge in [-0.3, -0.25) is 0 Å². The van der Waals surface area contributed by atoms with Crippen molar-refractivity contribution in [1.29, 1.82) is 0 Å². The average molecular weight is 290 g/mol. The third-order valence-corrected chi connectivity index (χ3v) is 2.06. The Balaban J connectivity index is -0.000000187. The minimum atomic E-state index is 0. The first-order valence-electron chi connectivity index (χ1n) is 6.09. The molecule has 0 amide bonds. The molecule has 0 aromatic carbocycles. The Morgan fingerprint density at radius 1 is 1.07 bits per heavy atom. The zero-order valence-corrected chi connectivity index (χ0v) is 13.8. The van der Waals surface area contributed by atoms with Crippen LogP contribution in [0, 0.1) is 12.8 Å². The minimum absolute atomic E-state index is 0. The molecule has 0 saturated heterocycles. The summed E-state index contributed by atoms with van der Waals surface area (Å²) in [4.78, 5) is 0. The summed E-state index contributed by atoms with van der Waals surface area (Å²) in [7, 11) is 0. The molecule has 1 N–H and O–H groups in total. The largest absolute Gasteiger partial charge is 0.396 e. The van der Waals surface area contributed by atoms with E-state index in [2.05, 4.69) is 27.7 Å². The predicted octanol–water partition coefficient (Wildman–Crippen LogP) is 4.20. The third-order valence-electron chi connectivity index (χ3n) is 2.06. The normalized spacial score (nSPS) is 9.20. The van der Waals surface area contributed by atoms with Gasteiger partial charge in [0.1, 0.15) is 0 Å². The molecule has 0 aliphatic carbocycles. The van der Waals surface area contributed by atoms with Gasteiger partial charge in [0.15, 0.2) is 0 Å². The van der Waals surface area contributed by atoms with Crippen molar-refractivity contribution >= 4 is 0 Å². The number of hydrogen-bond acceptors (Lipinski definition) is 1. The van der Waals surface area contributed by atoms with Crippen LogP contribution in [0.2, 0.25) is 0 Å². The fourth-order valence-corrected chi connectivity index (χ4v) is 1.04. The van der Waals surface area contributed by atoms with Crippen molar-refractivity contribution in [3.63, 3.8) is 0 Å². The van der Waals surface area contributed by atoms with Gasteiger partial charge in [0.2, 0.25) is 0 Å². The minimum Gasteiger partial charge on any atom is -0.396 e. The van der Waals surface area contributed by atoms with E-state index in [0.29, 0.717) is 12.5 Å². The van der Waals surface area contributed by atoms with E-state index in [1.807, 2.05) is 0 Å². The van der Waals surface area contributed by atoms with Gasteiger partial charge in [-0.15, -0.1) is 0 Å². The number of aliphatic hydroxyl groups excluding tert-OH is 1. The summed E-state index contributed by atoms with van der Waals surface area (Å²) < 4.78 is 0. The van der Waals surface area contributed by atoms with Crippen molar-refractivity contribution in [1.82, 2.24) is 0 Å². The van der Waals surface area contributed by atoms with Gasteiger partial charge in [0, 0.05) is 39.3 Å². The van der Waals surface area contributed by atoms with Gasteiger partial charge in [-0.2, -0.15) is 6.42 Å². The van der Waals surface area contributed by atoms with Crippen LogP contribution in [0.25, 0.3) is 0 Å². The molecular weight excluding hydrogens is 261 g/mol. The Morgan fingerprint density at radius 3 is 1.87 bits per heavy atom. The molecule has 0 heterocycles. The molecule has 1 radical (unpaired) electrons. The molecule has 0 aliphatic rings. The zero-order valence-electron chi connectivity index (χ0n) is 11.0. The Morgan fingerprint density at radius 2 is 1.60 bits per heavy atom. The van der Waals surface area contributed by atoms with Crippen molar-refractivity contribution in [2.45, 2.75) is 65.7 Å². The summed E-state index contributed by atoms with van der Waals surface area (Å²) in [5.41, 5.74) is 0. The molecule has 91 valence electrons. The summed E-state index contributed by atoms with van der Waals surface area (Å²) in [5.74, 6) is 0.648. The van der Waals surface area contributed by atoms with E-state index in [9.17, 15) is 0 Å². The first-order chi connectivity index (χ1) is 6.68. The molecule has 0 saturated carbocycles. The van der Waals surface area contributed by atoms with E-state index >= 15 is 0 Å². The molecule has 15 heavy (non-hydrogen) atoms. The summed E-state index contributed by atoms with van der Waals surface area (Å²) in [6.45, 7) is 10.5. The Labute approximate surface area is 122 Å². The fraction of sp³-hybridized carbons (Fsp3) is 0.923.